The number of amides is 1. The smallest absolute Gasteiger partial charge is 0.417 e. The molecule has 3 N–H and O–H groups in total. The van der Waals surface area contributed by atoms with Crippen LogP contribution < -0.4 is 16.2 Å². The molecule has 0 aliphatic carbocycles. The van der Waals surface area contributed by atoms with Gasteiger partial charge in [0.25, 0.3) is 11.5 Å². The number of hydrogen-bond donors (Lipinski definition) is 3. The average Bonchev–Trinajstić information content (AvgIpc) is 2.98. The number of aliphatic carboxylic acids is 1. The van der Waals surface area contributed by atoms with Gasteiger partial charge in [-0.25, -0.2) is 9.18 Å². The molecule has 2 aromatic carbocycles. The molecule has 2 aromatic heterocycles. The number of aryl methyl sites for hydroxylation is 2. The van der Waals surface area contributed by atoms with Crippen molar-refractivity contribution in [2.24, 2.45) is 7.05 Å². The van der Waals surface area contributed by atoms with Crippen LogP contribution in [0.25, 0.3) is 22.0 Å². The van der Waals surface area contributed by atoms with Gasteiger partial charge in [0, 0.05) is 42.0 Å². The topological polar surface area (TPSA) is 113 Å². The Morgan fingerprint density at radius 1 is 1.04 bits per heavy atom. The molecule has 2 atom stereocenters. The van der Waals surface area contributed by atoms with Gasteiger partial charge in [0.15, 0.2) is 0 Å². The quantitative estimate of drug-likeness (QED) is 0.175. The van der Waals surface area contributed by atoms with Crippen LogP contribution in [-0.4, -0.2) is 44.8 Å². The lowest BCUT2D eigenvalue weighted by Crippen LogP contribution is -2.42. The van der Waals surface area contributed by atoms with E-state index >= 15 is 0 Å². The third kappa shape index (κ3) is 7.23. The van der Waals surface area contributed by atoms with Gasteiger partial charge in [0.05, 0.1) is 22.2 Å². The Bertz CT molecular complexity index is 1920. The van der Waals surface area contributed by atoms with Gasteiger partial charge >= 0.3 is 18.3 Å². The number of carbonyl (C=O) groups excluding carboxylic acids is 1. The number of carbonyl (C=O) groups is 2. The zero-order chi connectivity index (χ0) is 35.0. The maximum absolute atomic E-state index is 15.0. The van der Waals surface area contributed by atoms with E-state index in [0.29, 0.717) is 0 Å². The summed E-state index contributed by atoms with van der Waals surface area (Å²) in [5, 5.41) is 14.5. The highest BCUT2D eigenvalue weighted by atomic mass is 19.4. The Kier molecular flexibility index (Phi) is 9.69. The fraction of sp³-hybridized carbons (Fsp3) is 0.312. The first-order valence-corrected chi connectivity index (χ1v) is 14.2. The highest BCUT2D eigenvalue weighted by molar-refractivity contribution is 5.99. The van der Waals surface area contributed by atoms with Crippen molar-refractivity contribution in [2.45, 2.75) is 58.0 Å². The molecular formula is C32H29F7N4O4. The second-order valence-corrected chi connectivity index (χ2v) is 11.0. The number of anilines is 1. The lowest BCUT2D eigenvalue weighted by Gasteiger charge is -2.23. The second kappa shape index (κ2) is 13.0. The van der Waals surface area contributed by atoms with Gasteiger partial charge in [-0.2, -0.15) is 26.3 Å². The molecule has 47 heavy (non-hydrogen) atoms. The summed E-state index contributed by atoms with van der Waals surface area (Å²) < 4.78 is 97.9. The zero-order valence-electron chi connectivity index (χ0n) is 25.4. The molecule has 0 saturated carbocycles. The maximum Gasteiger partial charge on any atom is 0.417 e. The molecule has 0 aliphatic rings. The highest BCUT2D eigenvalue weighted by Crippen LogP contribution is 2.38. The number of alkyl halides is 6. The molecule has 0 saturated heterocycles. The van der Waals surface area contributed by atoms with E-state index < -0.39 is 70.8 Å². The molecule has 0 fully saturated rings. The highest BCUT2D eigenvalue weighted by Gasteiger charge is 2.39. The average molecular weight is 667 g/mol. The Balaban J connectivity index is 1.70. The van der Waals surface area contributed by atoms with Gasteiger partial charge < -0.3 is 20.3 Å². The first-order valence-electron chi connectivity index (χ1n) is 14.2. The third-order valence-electron chi connectivity index (χ3n) is 7.82. The SMILES string of the molecule is CC[C@H](Nc1cc(F)c(C(=O)N[C@@H](Cc2ccc(-c3c(C(F)(F)F)cc(C)n(C)c3=O)c3ncccc23)C(=O)O)cc1C)C(F)(F)F. The van der Waals surface area contributed by atoms with Crippen molar-refractivity contribution >= 4 is 28.5 Å². The number of fused-ring (bicyclic) bond motifs is 1. The lowest BCUT2D eigenvalue weighted by molar-refractivity contribution is -0.143. The molecular weight excluding hydrogens is 637 g/mol. The van der Waals surface area contributed by atoms with Gasteiger partial charge in [-0.05, 0) is 55.7 Å². The summed E-state index contributed by atoms with van der Waals surface area (Å²) >= 11 is 0. The number of hydrogen-bond acceptors (Lipinski definition) is 5. The van der Waals surface area contributed by atoms with Gasteiger partial charge in [-0.3, -0.25) is 14.6 Å². The minimum Gasteiger partial charge on any atom is -0.480 e. The molecule has 0 unspecified atom stereocenters. The fourth-order valence-electron chi connectivity index (χ4n) is 5.19. The van der Waals surface area contributed by atoms with Crippen LogP contribution in [0, 0.1) is 19.7 Å². The van der Waals surface area contributed by atoms with Crippen LogP contribution in [0.3, 0.4) is 0 Å². The summed E-state index contributed by atoms with van der Waals surface area (Å²) in [5.74, 6) is -3.89. The van der Waals surface area contributed by atoms with Crippen molar-refractivity contribution in [1.82, 2.24) is 14.9 Å². The summed E-state index contributed by atoms with van der Waals surface area (Å²) in [5.41, 5.74) is -3.32. The van der Waals surface area contributed by atoms with Crippen molar-refractivity contribution in [3.8, 4) is 11.1 Å². The molecule has 0 radical (unpaired) electrons. The second-order valence-electron chi connectivity index (χ2n) is 11.0. The number of pyridine rings is 2. The van der Waals surface area contributed by atoms with Crippen molar-refractivity contribution in [2.75, 3.05) is 5.32 Å². The van der Waals surface area contributed by atoms with Crippen molar-refractivity contribution in [3.05, 3.63) is 92.8 Å². The monoisotopic (exact) mass is 666 g/mol. The molecule has 15 heteroatoms. The molecule has 2 heterocycles. The summed E-state index contributed by atoms with van der Waals surface area (Å²) in [4.78, 5) is 42.5. The standard InChI is InChI=1S/C32H29F7N4O4/c1-5-25(32(37,38)39)41-23-14-22(33)20(11-15(23)2)28(44)42-24(30(46)47)13-17-8-9-19(27-18(17)7-6-10-40-27)26-21(31(34,35)36)12-16(3)43(4)29(26)45/h6-12,14,24-25,41H,5,13H2,1-4H3,(H,42,44)(H,46,47)/t24-,25-/m0/s1. The van der Waals surface area contributed by atoms with Crippen LogP contribution in [0.5, 0.6) is 0 Å². The van der Waals surface area contributed by atoms with Crippen LogP contribution in [0.2, 0.25) is 0 Å². The number of aromatic nitrogens is 2. The largest absolute Gasteiger partial charge is 0.480 e. The summed E-state index contributed by atoms with van der Waals surface area (Å²) in [6.07, 6.45) is -8.98. The molecule has 4 aromatic rings. The predicted octanol–water partition coefficient (Wildman–Crippen LogP) is 6.55. The molecule has 8 nitrogen and oxygen atoms in total. The van der Waals surface area contributed by atoms with E-state index in [2.05, 4.69) is 15.6 Å². The van der Waals surface area contributed by atoms with E-state index in [9.17, 15) is 50.2 Å². The van der Waals surface area contributed by atoms with Crippen LogP contribution in [-0.2, 0) is 24.4 Å². The van der Waals surface area contributed by atoms with Crippen molar-refractivity contribution in [3.63, 3.8) is 0 Å². The van der Waals surface area contributed by atoms with Crippen LogP contribution in [0.15, 0.2) is 53.5 Å². The Morgan fingerprint density at radius 3 is 2.32 bits per heavy atom. The Morgan fingerprint density at radius 2 is 1.72 bits per heavy atom. The number of carboxylic acid groups (broad SMARTS) is 1. The van der Waals surface area contributed by atoms with E-state index in [0.717, 1.165) is 22.8 Å². The van der Waals surface area contributed by atoms with E-state index in [1.54, 1.807) is 0 Å². The van der Waals surface area contributed by atoms with Crippen LogP contribution in [0.4, 0.5) is 36.4 Å². The molecule has 250 valence electrons. The molecule has 1 amide bonds. The van der Waals surface area contributed by atoms with E-state index in [4.69, 9.17) is 0 Å². The van der Waals surface area contributed by atoms with Gasteiger partial charge in [0.1, 0.15) is 17.9 Å². The molecule has 0 bridgehead atoms. The predicted molar refractivity (Wildman–Crippen MR) is 160 cm³/mol. The van der Waals surface area contributed by atoms with Crippen molar-refractivity contribution in [1.29, 1.82) is 0 Å². The van der Waals surface area contributed by atoms with Gasteiger partial charge in [-0.1, -0.05) is 25.1 Å². The summed E-state index contributed by atoms with van der Waals surface area (Å²) in [6, 6.07) is 4.36. The van der Waals surface area contributed by atoms with Gasteiger partial charge in [0.2, 0.25) is 0 Å². The number of benzene rings is 2. The number of nitrogens with one attached hydrogen (secondary N) is 2. The zero-order valence-corrected chi connectivity index (χ0v) is 25.4. The first-order chi connectivity index (χ1) is 21.8. The van der Waals surface area contributed by atoms with E-state index in [1.165, 1.54) is 58.3 Å². The number of halogens is 7. The van der Waals surface area contributed by atoms with E-state index in [-0.39, 0.29) is 45.4 Å². The van der Waals surface area contributed by atoms with Crippen LogP contribution in [0.1, 0.15) is 46.1 Å². The molecule has 4 rings (SSSR count). The van der Waals surface area contributed by atoms with Gasteiger partial charge in [-0.15, -0.1) is 0 Å². The number of nitrogens with zero attached hydrogens (tertiary/aromatic N) is 2. The summed E-state index contributed by atoms with van der Waals surface area (Å²) in [6.45, 7) is 4.00. The Labute approximate surface area is 263 Å². The third-order valence-corrected chi connectivity index (χ3v) is 7.82. The molecule has 0 aliphatic heterocycles. The molecule has 0 spiro atoms. The number of rotatable bonds is 9. The van der Waals surface area contributed by atoms with Crippen LogP contribution >= 0.6 is 0 Å². The van der Waals surface area contributed by atoms with Crippen molar-refractivity contribution < 1.29 is 45.4 Å². The summed E-state index contributed by atoms with van der Waals surface area (Å²) in [7, 11) is 1.32. The fourth-order valence-corrected chi connectivity index (χ4v) is 5.19. The maximum atomic E-state index is 15.0. The minimum atomic E-state index is -4.89. The normalized spacial score (nSPS) is 13.3. The number of carboxylic acids is 1. The first kappa shape index (κ1) is 34.9. The lowest BCUT2D eigenvalue weighted by atomic mass is 9.93. The Hall–Kier alpha value is -4.95. The van der Waals surface area contributed by atoms with E-state index in [1.807, 2.05) is 0 Å². The minimum absolute atomic E-state index is 0.0269.